The van der Waals surface area contributed by atoms with Crippen LogP contribution < -0.4 is 5.73 Å². The van der Waals surface area contributed by atoms with Crippen molar-refractivity contribution in [1.82, 2.24) is 0 Å². The third-order valence-electron chi connectivity index (χ3n) is 2.06. The number of hydrogen-bond donors (Lipinski definition) is 2. The van der Waals surface area contributed by atoms with Gasteiger partial charge in [-0.25, -0.2) is 13.2 Å². The minimum atomic E-state index is -3.59. The van der Waals surface area contributed by atoms with Crippen LogP contribution in [0.4, 0.5) is 13.2 Å². The van der Waals surface area contributed by atoms with Crippen molar-refractivity contribution in [2.24, 2.45) is 5.73 Å². The molecule has 3 N–H and O–H groups in total. The molecular weight excluding hydrogens is 223 g/mol. The molecule has 0 aliphatic rings. The van der Waals surface area contributed by atoms with Crippen molar-refractivity contribution in [2.75, 3.05) is 0 Å². The number of carboxylic acids is 1. The Morgan fingerprint density at radius 3 is 2.50 bits per heavy atom. The van der Waals surface area contributed by atoms with Gasteiger partial charge in [0.25, 0.3) is 5.92 Å². The van der Waals surface area contributed by atoms with Crippen molar-refractivity contribution in [2.45, 2.75) is 18.4 Å². The summed E-state index contributed by atoms with van der Waals surface area (Å²) in [5.41, 5.74) is 4.15. The second kappa shape index (κ2) is 4.52. The van der Waals surface area contributed by atoms with Crippen molar-refractivity contribution in [3.63, 3.8) is 0 Å². The summed E-state index contributed by atoms with van der Waals surface area (Å²) in [6.45, 7) is 0. The summed E-state index contributed by atoms with van der Waals surface area (Å²) in [6, 6.07) is 2.58. The molecule has 1 aromatic rings. The van der Waals surface area contributed by atoms with Gasteiger partial charge in [-0.3, -0.25) is 4.79 Å². The maximum Gasteiger partial charge on any atom is 0.320 e. The lowest BCUT2D eigenvalue weighted by molar-refractivity contribution is -0.141. The van der Waals surface area contributed by atoms with Crippen LogP contribution in [0.2, 0.25) is 0 Å². The molecule has 0 aliphatic carbocycles. The Labute approximate surface area is 89.7 Å². The van der Waals surface area contributed by atoms with Gasteiger partial charge in [-0.05, 0) is 6.07 Å². The third-order valence-corrected chi connectivity index (χ3v) is 2.06. The predicted molar refractivity (Wildman–Crippen MR) is 50.5 cm³/mol. The molecule has 0 heterocycles. The molecule has 1 unspecified atom stereocenters. The monoisotopic (exact) mass is 233 g/mol. The van der Waals surface area contributed by atoms with E-state index in [0.29, 0.717) is 0 Å². The molecule has 0 aliphatic heterocycles. The van der Waals surface area contributed by atoms with Gasteiger partial charge in [-0.15, -0.1) is 0 Å². The molecule has 0 saturated carbocycles. The highest BCUT2D eigenvalue weighted by Gasteiger charge is 2.38. The van der Waals surface area contributed by atoms with Gasteiger partial charge >= 0.3 is 5.97 Å². The number of hydrogen-bond acceptors (Lipinski definition) is 2. The van der Waals surface area contributed by atoms with E-state index in [1.165, 1.54) is 12.1 Å². The van der Waals surface area contributed by atoms with Crippen LogP contribution in [0, 0.1) is 5.82 Å². The number of alkyl halides is 2. The molecular formula is C10H10F3NO2. The minimum absolute atomic E-state index is 0.841. The predicted octanol–water partition coefficient (Wildman–Crippen LogP) is 1.72. The maximum atomic E-state index is 13.4. The lowest BCUT2D eigenvalue weighted by Crippen LogP contribution is -2.36. The Hall–Kier alpha value is -1.56. The highest BCUT2D eigenvalue weighted by molar-refractivity contribution is 5.73. The summed E-state index contributed by atoms with van der Waals surface area (Å²) in [5.74, 6) is -6.22. The number of nitrogens with two attached hydrogens (primary N) is 1. The molecule has 0 amide bonds. The van der Waals surface area contributed by atoms with Crippen LogP contribution in [-0.2, 0) is 10.7 Å². The first-order valence-electron chi connectivity index (χ1n) is 4.46. The molecule has 16 heavy (non-hydrogen) atoms. The highest BCUT2D eigenvalue weighted by Crippen LogP contribution is 2.34. The molecule has 1 atom stereocenters. The average molecular weight is 233 g/mol. The number of carboxylic acid groups (broad SMARTS) is 1. The Bertz CT molecular complexity index is 395. The average Bonchev–Trinajstić information content (AvgIpc) is 2.17. The zero-order valence-electron chi connectivity index (χ0n) is 8.16. The summed E-state index contributed by atoms with van der Waals surface area (Å²) in [5, 5.41) is 8.41. The van der Waals surface area contributed by atoms with Crippen LogP contribution >= 0.6 is 0 Å². The summed E-state index contributed by atoms with van der Waals surface area (Å²) in [4.78, 5) is 10.3. The van der Waals surface area contributed by atoms with E-state index in [0.717, 1.165) is 12.1 Å². The number of carbonyl (C=O) groups is 1. The lowest BCUT2D eigenvalue weighted by atomic mass is 10.0. The summed E-state index contributed by atoms with van der Waals surface area (Å²) >= 11 is 0. The second-order valence-corrected chi connectivity index (χ2v) is 3.33. The van der Waals surface area contributed by atoms with Gasteiger partial charge in [0.1, 0.15) is 11.9 Å². The zero-order valence-corrected chi connectivity index (χ0v) is 8.16. The normalized spacial score (nSPS) is 13.5. The zero-order chi connectivity index (χ0) is 12.3. The van der Waals surface area contributed by atoms with E-state index < -0.39 is 35.7 Å². The smallest absolute Gasteiger partial charge is 0.320 e. The van der Waals surface area contributed by atoms with Crippen molar-refractivity contribution >= 4 is 5.97 Å². The van der Waals surface area contributed by atoms with Gasteiger partial charge in [0.2, 0.25) is 0 Å². The number of rotatable bonds is 4. The Balaban J connectivity index is 2.94. The van der Waals surface area contributed by atoms with Crippen LogP contribution in [0.15, 0.2) is 24.3 Å². The first kappa shape index (κ1) is 12.5. The molecule has 0 radical (unpaired) electrons. The molecule has 0 spiro atoms. The topological polar surface area (TPSA) is 63.3 Å². The lowest BCUT2D eigenvalue weighted by Gasteiger charge is -2.19. The Kier molecular flexibility index (Phi) is 3.54. The quantitative estimate of drug-likeness (QED) is 0.832. The SMILES string of the molecule is NC(CC(F)(F)c1ccccc1F)C(=O)O. The Morgan fingerprint density at radius 1 is 1.44 bits per heavy atom. The van der Waals surface area contributed by atoms with E-state index in [2.05, 4.69) is 0 Å². The van der Waals surface area contributed by atoms with Crippen molar-refractivity contribution in [3.05, 3.63) is 35.6 Å². The molecule has 3 nitrogen and oxygen atoms in total. The maximum absolute atomic E-state index is 13.4. The largest absolute Gasteiger partial charge is 0.480 e. The summed E-state index contributed by atoms with van der Waals surface area (Å²) < 4.78 is 40.0. The van der Waals surface area contributed by atoms with Crippen LogP contribution in [0.5, 0.6) is 0 Å². The van der Waals surface area contributed by atoms with E-state index in [4.69, 9.17) is 10.8 Å². The van der Waals surface area contributed by atoms with Gasteiger partial charge in [-0.2, -0.15) is 0 Å². The van der Waals surface area contributed by atoms with Crippen LogP contribution in [-0.4, -0.2) is 17.1 Å². The van der Waals surface area contributed by atoms with Crippen LogP contribution in [0.25, 0.3) is 0 Å². The fourth-order valence-electron chi connectivity index (χ4n) is 1.23. The fraction of sp³-hybridized carbons (Fsp3) is 0.300. The van der Waals surface area contributed by atoms with Gasteiger partial charge in [0.15, 0.2) is 0 Å². The van der Waals surface area contributed by atoms with Crippen molar-refractivity contribution in [3.8, 4) is 0 Å². The number of aliphatic carboxylic acids is 1. The molecule has 1 aromatic carbocycles. The fourth-order valence-corrected chi connectivity index (χ4v) is 1.23. The van der Waals surface area contributed by atoms with Crippen molar-refractivity contribution < 1.29 is 23.1 Å². The summed E-state index contributed by atoms with van der Waals surface area (Å²) in [6.07, 6.45) is -1.14. The van der Waals surface area contributed by atoms with Crippen molar-refractivity contribution in [1.29, 1.82) is 0 Å². The van der Waals surface area contributed by atoms with Gasteiger partial charge in [0, 0.05) is 6.42 Å². The van der Waals surface area contributed by atoms with Gasteiger partial charge in [-0.1, -0.05) is 18.2 Å². The standard InChI is InChI=1S/C10H10F3NO2/c11-7-4-2-1-3-6(7)10(12,13)5-8(14)9(15)16/h1-4,8H,5,14H2,(H,15,16). The molecule has 1 rings (SSSR count). The van der Waals surface area contributed by atoms with Gasteiger partial charge in [0.05, 0.1) is 5.56 Å². The number of halogens is 3. The van der Waals surface area contributed by atoms with E-state index in [1.807, 2.05) is 0 Å². The Morgan fingerprint density at radius 2 is 2.00 bits per heavy atom. The minimum Gasteiger partial charge on any atom is -0.480 e. The van der Waals surface area contributed by atoms with E-state index in [1.54, 1.807) is 0 Å². The van der Waals surface area contributed by atoms with Crippen LogP contribution in [0.1, 0.15) is 12.0 Å². The van der Waals surface area contributed by atoms with E-state index in [9.17, 15) is 18.0 Å². The molecule has 6 heteroatoms. The molecule has 88 valence electrons. The molecule has 0 aromatic heterocycles. The summed E-state index contributed by atoms with van der Waals surface area (Å²) in [7, 11) is 0. The number of benzene rings is 1. The molecule has 0 bridgehead atoms. The highest BCUT2D eigenvalue weighted by atomic mass is 19.3. The van der Waals surface area contributed by atoms with E-state index in [-0.39, 0.29) is 0 Å². The van der Waals surface area contributed by atoms with Gasteiger partial charge < -0.3 is 10.8 Å². The third kappa shape index (κ3) is 2.73. The van der Waals surface area contributed by atoms with Crippen LogP contribution in [0.3, 0.4) is 0 Å². The van der Waals surface area contributed by atoms with E-state index >= 15 is 0 Å². The molecule has 0 saturated heterocycles. The first-order valence-corrected chi connectivity index (χ1v) is 4.46. The second-order valence-electron chi connectivity index (χ2n) is 3.33. The first-order chi connectivity index (χ1) is 7.34. The molecule has 0 fully saturated rings.